The van der Waals surface area contributed by atoms with Crippen LogP contribution in [0.1, 0.15) is 56.6 Å². The van der Waals surface area contributed by atoms with Gasteiger partial charge >= 0.3 is 0 Å². The van der Waals surface area contributed by atoms with Crippen LogP contribution in [-0.4, -0.2) is 78.3 Å². The first kappa shape index (κ1) is 31.5. The maximum atomic E-state index is 13.0. The second-order valence-electron chi connectivity index (χ2n) is 12.0. The molecule has 0 amide bonds. The summed E-state index contributed by atoms with van der Waals surface area (Å²) in [6, 6.07) is 4.29. The summed E-state index contributed by atoms with van der Waals surface area (Å²) in [6.45, 7) is 9.68. The van der Waals surface area contributed by atoms with E-state index in [4.69, 9.17) is 21.1 Å². The first-order valence-electron chi connectivity index (χ1n) is 14.9. The summed E-state index contributed by atoms with van der Waals surface area (Å²) in [7, 11) is -0.199. The Morgan fingerprint density at radius 1 is 1.12 bits per heavy atom. The number of nitrogens with one attached hydrogen (secondary N) is 2. The molecule has 0 radical (unpaired) electrons. The molecule has 1 saturated heterocycles. The minimum atomic E-state index is -3.62. The van der Waals surface area contributed by atoms with Gasteiger partial charge in [0.15, 0.2) is 15.7 Å². The van der Waals surface area contributed by atoms with E-state index in [2.05, 4.69) is 49.7 Å². The normalized spacial score (nSPS) is 16.5. The molecule has 5 rings (SSSR count). The number of likely N-dealkylation sites (tertiary alicyclic amines) is 1. The molecule has 0 unspecified atom stereocenters. The molecular weight excluding hydrogens is 590 g/mol. The Bertz CT molecular complexity index is 1530. The SMILES string of the molecule is COCCN1CCC(c2cc(OC3CC3)c(Nc3ncc(Cl)c(Nc4cn(C)nc4S(=O)(=O)CC(C)C)n3)cc2C)CC1. The number of hydrogen-bond donors (Lipinski definition) is 2. The van der Waals surface area contributed by atoms with Crippen molar-refractivity contribution < 1.29 is 17.9 Å². The van der Waals surface area contributed by atoms with E-state index in [-0.39, 0.29) is 33.6 Å². The van der Waals surface area contributed by atoms with Gasteiger partial charge in [-0.1, -0.05) is 25.4 Å². The Balaban J connectivity index is 1.38. The summed E-state index contributed by atoms with van der Waals surface area (Å²) >= 11 is 6.46. The fourth-order valence-corrected chi connectivity index (χ4v) is 7.32. The van der Waals surface area contributed by atoms with Crippen molar-refractivity contribution in [2.45, 2.75) is 63.5 Å². The second kappa shape index (κ2) is 13.4. The van der Waals surface area contributed by atoms with Gasteiger partial charge in [0.05, 0.1) is 36.0 Å². The molecule has 0 atom stereocenters. The highest BCUT2D eigenvalue weighted by molar-refractivity contribution is 7.91. The molecule has 11 nitrogen and oxygen atoms in total. The monoisotopic (exact) mass is 631 g/mol. The molecule has 2 aromatic heterocycles. The van der Waals surface area contributed by atoms with Gasteiger partial charge in [0.2, 0.25) is 11.0 Å². The molecule has 1 aromatic carbocycles. The average molecular weight is 632 g/mol. The van der Waals surface area contributed by atoms with Crippen molar-refractivity contribution in [1.82, 2.24) is 24.6 Å². The van der Waals surface area contributed by atoms with Gasteiger partial charge in [-0.05, 0) is 80.8 Å². The lowest BCUT2D eigenvalue weighted by molar-refractivity contribution is 0.130. The molecule has 43 heavy (non-hydrogen) atoms. The first-order valence-corrected chi connectivity index (χ1v) is 16.9. The zero-order valence-electron chi connectivity index (χ0n) is 25.6. The van der Waals surface area contributed by atoms with E-state index in [0.29, 0.717) is 17.6 Å². The van der Waals surface area contributed by atoms with Gasteiger partial charge in [-0.25, -0.2) is 13.4 Å². The topological polar surface area (TPSA) is 123 Å². The average Bonchev–Trinajstić information content (AvgIpc) is 3.69. The summed E-state index contributed by atoms with van der Waals surface area (Å²) in [6.07, 6.45) is 7.57. The minimum absolute atomic E-state index is 0.0188. The summed E-state index contributed by atoms with van der Waals surface area (Å²) < 4.78 is 39.1. The van der Waals surface area contributed by atoms with Crippen molar-refractivity contribution in [1.29, 1.82) is 0 Å². The zero-order chi connectivity index (χ0) is 30.7. The van der Waals surface area contributed by atoms with Crippen LogP contribution in [0.5, 0.6) is 5.75 Å². The van der Waals surface area contributed by atoms with E-state index >= 15 is 0 Å². The van der Waals surface area contributed by atoms with Crippen LogP contribution >= 0.6 is 11.6 Å². The van der Waals surface area contributed by atoms with Crippen LogP contribution < -0.4 is 15.4 Å². The quantitative estimate of drug-likeness (QED) is 0.251. The number of sulfone groups is 1. The minimum Gasteiger partial charge on any atom is -0.488 e. The molecule has 1 aliphatic heterocycles. The molecule has 1 saturated carbocycles. The van der Waals surface area contributed by atoms with Gasteiger partial charge in [0.25, 0.3) is 0 Å². The lowest BCUT2D eigenvalue weighted by Crippen LogP contribution is -2.35. The molecule has 13 heteroatoms. The Morgan fingerprint density at radius 3 is 2.53 bits per heavy atom. The number of piperidine rings is 1. The Morgan fingerprint density at radius 2 is 1.86 bits per heavy atom. The Hall–Kier alpha value is -2.93. The molecule has 3 aromatic rings. The van der Waals surface area contributed by atoms with E-state index in [0.717, 1.165) is 63.4 Å². The van der Waals surface area contributed by atoms with Crippen molar-refractivity contribution in [3.05, 3.63) is 40.7 Å². The Labute approximate surface area is 259 Å². The van der Waals surface area contributed by atoms with Crippen LogP contribution in [0.4, 0.5) is 23.1 Å². The van der Waals surface area contributed by atoms with Crippen LogP contribution in [0, 0.1) is 12.8 Å². The van der Waals surface area contributed by atoms with Gasteiger partial charge < -0.3 is 25.0 Å². The van der Waals surface area contributed by atoms with Crippen molar-refractivity contribution in [2.75, 3.05) is 49.7 Å². The molecule has 1 aliphatic carbocycles. The third kappa shape index (κ3) is 7.97. The predicted octanol–water partition coefficient (Wildman–Crippen LogP) is 5.46. The highest BCUT2D eigenvalue weighted by Gasteiger charge is 2.28. The lowest BCUT2D eigenvalue weighted by Gasteiger charge is -2.33. The van der Waals surface area contributed by atoms with Crippen molar-refractivity contribution in [3.63, 3.8) is 0 Å². The zero-order valence-corrected chi connectivity index (χ0v) is 27.1. The number of rotatable bonds is 13. The lowest BCUT2D eigenvalue weighted by atomic mass is 9.86. The highest BCUT2D eigenvalue weighted by atomic mass is 35.5. The molecule has 0 spiro atoms. The fourth-order valence-electron chi connectivity index (χ4n) is 5.46. The van der Waals surface area contributed by atoms with E-state index in [1.54, 1.807) is 20.4 Å². The van der Waals surface area contributed by atoms with Crippen LogP contribution in [0.3, 0.4) is 0 Å². The van der Waals surface area contributed by atoms with Crippen LogP contribution in [-0.2, 0) is 21.6 Å². The summed E-state index contributed by atoms with van der Waals surface area (Å²) in [5.41, 5.74) is 3.59. The largest absolute Gasteiger partial charge is 0.488 e. The second-order valence-corrected chi connectivity index (χ2v) is 14.3. The number of ether oxygens (including phenoxy) is 2. The molecule has 2 N–H and O–H groups in total. The third-order valence-corrected chi connectivity index (χ3v) is 9.98. The highest BCUT2D eigenvalue weighted by Crippen LogP contribution is 2.40. The number of methoxy groups -OCH3 is 1. The standard InChI is InChI=1S/C30H42ClN7O4S/c1-19(2)18-43(39,40)29-26(17-37(4)36-29)33-28-24(31)16-32-30(35-28)34-25-14-20(3)23(15-27(25)42-22-6-7-22)21-8-10-38(11-9-21)12-13-41-5/h14-17,19,21-22H,6-13,18H2,1-5H3,(H2,32,33,34,35). The van der Waals surface area contributed by atoms with Gasteiger partial charge in [-0.2, -0.15) is 10.1 Å². The van der Waals surface area contributed by atoms with Crippen molar-refractivity contribution >= 4 is 44.6 Å². The van der Waals surface area contributed by atoms with Gasteiger partial charge in [0.1, 0.15) is 10.8 Å². The number of anilines is 4. The number of nitrogens with zero attached hydrogens (tertiary/aromatic N) is 5. The van der Waals surface area contributed by atoms with Gasteiger partial charge in [0, 0.05) is 26.9 Å². The van der Waals surface area contributed by atoms with E-state index < -0.39 is 9.84 Å². The molecule has 2 fully saturated rings. The summed E-state index contributed by atoms with van der Waals surface area (Å²) in [4.78, 5) is 11.5. The maximum Gasteiger partial charge on any atom is 0.229 e. The van der Waals surface area contributed by atoms with Crippen LogP contribution in [0.15, 0.2) is 29.6 Å². The van der Waals surface area contributed by atoms with Crippen molar-refractivity contribution in [3.8, 4) is 5.75 Å². The smallest absolute Gasteiger partial charge is 0.229 e. The van der Waals surface area contributed by atoms with Crippen LogP contribution in [0.2, 0.25) is 5.02 Å². The molecule has 2 aliphatic rings. The number of hydrogen-bond acceptors (Lipinski definition) is 10. The van der Waals surface area contributed by atoms with E-state index in [9.17, 15) is 8.42 Å². The van der Waals surface area contributed by atoms with E-state index in [1.807, 2.05) is 13.8 Å². The maximum absolute atomic E-state index is 13.0. The van der Waals surface area contributed by atoms with Gasteiger partial charge in [-0.15, -0.1) is 0 Å². The third-order valence-electron chi connectivity index (χ3n) is 7.71. The van der Waals surface area contributed by atoms with E-state index in [1.165, 1.54) is 22.0 Å². The summed E-state index contributed by atoms with van der Waals surface area (Å²) in [5, 5.41) is 10.8. The molecular formula is C30H42ClN7O4S. The fraction of sp³-hybridized carbons (Fsp3) is 0.567. The van der Waals surface area contributed by atoms with Crippen molar-refractivity contribution in [2.24, 2.45) is 13.0 Å². The first-order chi connectivity index (χ1) is 20.5. The van der Waals surface area contributed by atoms with Gasteiger partial charge in [-0.3, -0.25) is 4.68 Å². The Kier molecular flexibility index (Phi) is 9.79. The number of benzene rings is 1. The number of aryl methyl sites for hydroxylation is 2. The molecule has 234 valence electrons. The summed E-state index contributed by atoms with van der Waals surface area (Å²) in [5.74, 6) is 1.77. The van der Waals surface area contributed by atoms with Crippen LogP contribution in [0.25, 0.3) is 0 Å². The number of aromatic nitrogens is 4. The molecule has 3 heterocycles. The number of halogens is 1. The predicted molar refractivity (Wildman–Crippen MR) is 169 cm³/mol. The molecule has 0 bridgehead atoms.